The Balaban J connectivity index is 0.000000161. The molecule has 0 amide bonds. The van der Waals surface area contributed by atoms with Crippen LogP contribution in [0.25, 0.3) is 43.5 Å². The van der Waals surface area contributed by atoms with Crippen LogP contribution in [0, 0.1) is 0 Å². The summed E-state index contributed by atoms with van der Waals surface area (Å²) < 4.78 is 9.73. The third kappa shape index (κ3) is 3.59. The molecule has 10 N–H and O–H groups in total. The Morgan fingerprint density at radius 2 is 0.750 bits per heavy atom. The van der Waals surface area contributed by atoms with Crippen LogP contribution >= 0.6 is 0 Å². The maximum atomic E-state index is 11.8. The lowest BCUT2D eigenvalue weighted by Gasteiger charge is -2.08. The summed E-state index contributed by atoms with van der Waals surface area (Å²) >= 11 is 0. The van der Waals surface area contributed by atoms with Gasteiger partial charge in [-0.2, -0.15) is 0 Å². The molecule has 2 aromatic heterocycles. The molecule has 0 aliphatic rings. The van der Waals surface area contributed by atoms with Gasteiger partial charge >= 0.3 is 11.3 Å². The average molecular weight is 552 g/mol. The first-order valence-corrected chi connectivity index (χ1v) is 10.9. The van der Waals surface area contributed by atoms with Gasteiger partial charge in [-0.1, -0.05) is 0 Å². The zero-order valence-electron chi connectivity index (χ0n) is 19.6. The minimum atomic E-state index is -0.945. The van der Waals surface area contributed by atoms with Crippen molar-refractivity contribution in [2.75, 3.05) is 0 Å². The van der Waals surface area contributed by atoms with Crippen molar-refractivity contribution >= 4 is 43.5 Å². The van der Waals surface area contributed by atoms with E-state index >= 15 is 0 Å². The van der Waals surface area contributed by atoms with Crippen molar-refractivity contribution in [1.82, 2.24) is 0 Å². The molecule has 14 heteroatoms. The van der Waals surface area contributed by atoms with Gasteiger partial charge in [0.2, 0.25) is 23.0 Å². The Kier molecular flexibility index (Phi) is 5.54. The molecule has 0 spiro atoms. The van der Waals surface area contributed by atoms with Gasteiger partial charge in [0.15, 0.2) is 45.7 Å². The minimum absolute atomic E-state index is 0.0955. The number of phenolic OH excluding ortho intramolecular Hbond substituents is 10. The predicted molar refractivity (Wildman–Crippen MR) is 137 cm³/mol. The van der Waals surface area contributed by atoms with E-state index in [9.17, 15) is 60.7 Å². The average Bonchev–Trinajstić information content (AvgIpc) is 2.92. The van der Waals surface area contributed by atoms with Crippen LogP contribution in [0.15, 0.2) is 54.8 Å². The molecule has 0 radical (unpaired) electrons. The first kappa shape index (κ1) is 25.5. The van der Waals surface area contributed by atoms with Crippen molar-refractivity contribution in [3.05, 3.63) is 57.2 Å². The van der Waals surface area contributed by atoms with Gasteiger partial charge in [-0.3, -0.25) is 0 Å². The van der Waals surface area contributed by atoms with Crippen molar-refractivity contribution < 1.29 is 59.9 Å². The molecule has 204 valence electrons. The molecule has 0 unspecified atom stereocenters. The van der Waals surface area contributed by atoms with Gasteiger partial charge in [-0.15, -0.1) is 0 Å². The van der Waals surface area contributed by atoms with Crippen LogP contribution in [-0.2, 0) is 0 Å². The summed E-state index contributed by atoms with van der Waals surface area (Å²) in [5.41, 5.74) is -2.55. The smallest absolute Gasteiger partial charge is 0.344 e. The number of benzene rings is 4. The normalized spacial score (nSPS) is 11.2. The summed E-state index contributed by atoms with van der Waals surface area (Å²) in [6.45, 7) is 0. The third-order valence-electron chi connectivity index (χ3n) is 6.10. The number of hydrogen-bond acceptors (Lipinski definition) is 14. The first-order valence-electron chi connectivity index (χ1n) is 10.9. The molecule has 0 aliphatic heterocycles. The third-order valence-corrected chi connectivity index (χ3v) is 6.10. The molecule has 6 aromatic rings. The highest BCUT2D eigenvalue weighted by molar-refractivity contribution is 6.12. The Morgan fingerprint density at radius 3 is 1.10 bits per heavy atom. The fourth-order valence-corrected chi connectivity index (χ4v) is 4.17. The van der Waals surface area contributed by atoms with Crippen molar-refractivity contribution in [2.24, 2.45) is 0 Å². The van der Waals surface area contributed by atoms with E-state index in [1.165, 1.54) is 12.1 Å². The van der Waals surface area contributed by atoms with E-state index in [0.29, 0.717) is 0 Å². The Bertz CT molecular complexity index is 2000. The van der Waals surface area contributed by atoms with Gasteiger partial charge in [0.05, 0.1) is 10.8 Å². The Labute approximate surface area is 218 Å². The number of phenols is 10. The van der Waals surface area contributed by atoms with E-state index in [0.717, 1.165) is 24.3 Å². The quantitative estimate of drug-likeness (QED) is 0.0738. The van der Waals surface area contributed by atoms with E-state index in [2.05, 4.69) is 0 Å². The van der Waals surface area contributed by atoms with E-state index in [1.54, 1.807) is 0 Å². The van der Waals surface area contributed by atoms with Gasteiger partial charge in [-0.25, -0.2) is 9.59 Å². The summed E-state index contributed by atoms with van der Waals surface area (Å²) in [6.07, 6.45) is 0. The topological polar surface area (TPSA) is 263 Å². The molecule has 14 nitrogen and oxygen atoms in total. The van der Waals surface area contributed by atoms with Crippen LogP contribution in [0.5, 0.6) is 57.5 Å². The number of fused-ring (bicyclic) bond motifs is 6. The summed E-state index contributed by atoms with van der Waals surface area (Å²) in [4.78, 5) is 23.6. The maximum absolute atomic E-state index is 11.8. The lowest BCUT2D eigenvalue weighted by atomic mass is 10.0. The molecule has 6 rings (SSSR count). The summed E-state index contributed by atoms with van der Waals surface area (Å²) in [5.74, 6) is -6.69. The SMILES string of the molecule is O=c1oc2c(O)c(O)ccc2c2c(O)c(O)c(O)cc12.O=c1oc2c(O)c(O)ccc2c2c(O)c(O)c(O)cc12. The van der Waals surface area contributed by atoms with E-state index in [-0.39, 0.29) is 43.5 Å². The minimum Gasteiger partial charge on any atom is -0.504 e. The molecule has 0 aliphatic carbocycles. The number of aromatic hydroxyl groups is 10. The molecule has 2 heterocycles. The predicted octanol–water partition coefficient (Wildman–Crippen LogP) is 2.95. The summed E-state index contributed by atoms with van der Waals surface area (Å²) in [6, 6.07) is 6.76. The van der Waals surface area contributed by atoms with Crippen molar-refractivity contribution in [2.45, 2.75) is 0 Å². The van der Waals surface area contributed by atoms with Crippen molar-refractivity contribution in [1.29, 1.82) is 0 Å². The molecule has 0 bridgehead atoms. The summed E-state index contributed by atoms with van der Waals surface area (Å²) in [7, 11) is 0. The van der Waals surface area contributed by atoms with E-state index in [4.69, 9.17) is 8.83 Å². The molecular formula is C26H16O14. The second-order valence-electron chi connectivity index (χ2n) is 8.43. The monoisotopic (exact) mass is 552 g/mol. The largest absolute Gasteiger partial charge is 0.504 e. The summed E-state index contributed by atoms with van der Waals surface area (Å²) in [5, 5.41) is 95.5. The Hall–Kier alpha value is -6.18. The van der Waals surface area contributed by atoms with Gasteiger partial charge in [-0.05, 0) is 36.4 Å². The van der Waals surface area contributed by atoms with Crippen LogP contribution in [0.3, 0.4) is 0 Å². The lowest BCUT2D eigenvalue weighted by molar-refractivity contribution is 0.371. The van der Waals surface area contributed by atoms with Crippen LogP contribution in [0.1, 0.15) is 0 Å². The van der Waals surface area contributed by atoms with Gasteiger partial charge in [0, 0.05) is 21.5 Å². The zero-order chi connectivity index (χ0) is 29.2. The van der Waals surface area contributed by atoms with Gasteiger partial charge in [0.1, 0.15) is 0 Å². The van der Waals surface area contributed by atoms with Crippen LogP contribution in [-0.4, -0.2) is 51.1 Å². The molecule has 0 saturated carbocycles. The second-order valence-corrected chi connectivity index (χ2v) is 8.43. The van der Waals surface area contributed by atoms with E-state index in [1.807, 2.05) is 0 Å². The fourth-order valence-electron chi connectivity index (χ4n) is 4.17. The van der Waals surface area contributed by atoms with Crippen LogP contribution < -0.4 is 11.3 Å². The highest BCUT2D eigenvalue weighted by atomic mass is 16.4. The molecule has 0 atom stereocenters. The molecular weight excluding hydrogens is 536 g/mol. The standard InChI is InChI=1S/2C13H8O7/c2*14-6-2-1-4-8-5(3-7(15)9(16)11(8)18)13(19)20-12(4)10(6)17/h2*1-3,14-18H. The van der Waals surface area contributed by atoms with Gasteiger partial charge in [0.25, 0.3) is 0 Å². The lowest BCUT2D eigenvalue weighted by Crippen LogP contribution is -2.00. The second kappa shape index (κ2) is 8.70. The van der Waals surface area contributed by atoms with Crippen LogP contribution in [0.4, 0.5) is 0 Å². The molecule has 4 aromatic carbocycles. The number of hydrogen-bond donors (Lipinski definition) is 10. The molecule has 0 fully saturated rings. The molecule has 40 heavy (non-hydrogen) atoms. The van der Waals surface area contributed by atoms with Crippen molar-refractivity contribution in [3.63, 3.8) is 0 Å². The first-order chi connectivity index (χ1) is 18.8. The maximum Gasteiger partial charge on any atom is 0.344 e. The Morgan fingerprint density at radius 1 is 0.400 bits per heavy atom. The zero-order valence-corrected chi connectivity index (χ0v) is 19.6. The fraction of sp³-hybridized carbons (Fsp3) is 0. The highest BCUT2D eigenvalue weighted by Crippen LogP contribution is 2.46. The number of rotatable bonds is 0. The van der Waals surface area contributed by atoms with E-state index < -0.39 is 68.7 Å². The molecule has 0 saturated heterocycles. The highest BCUT2D eigenvalue weighted by Gasteiger charge is 2.21. The van der Waals surface area contributed by atoms with Crippen molar-refractivity contribution in [3.8, 4) is 57.5 Å². The van der Waals surface area contributed by atoms with Crippen LogP contribution in [0.2, 0.25) is 0 Å². The van der Waals surface area contributed by atoms with Gasteiger partial charge < -0.3 is 59.9 Å².